The molecule has 0 spiro atoms. The van der Waals surface area contributed by atoms with Gasteiger partial charge < -0.3 is 24.6 Å². The Morgan fingerprint density at radius 3 is 2.28 bits per heavy atom. The molecule has 222 valence electrons. The van der Waals surface area contributed by atoms with E-state index in [1.54, 1.807) is 72.8 Å². The van der Waals surface area contributed by atoms with Crippen molar-refractivity contribution in [3.8, 4) is 11.5 Å². The first kappa shape index (κ1) is 28.8. The Bertz CT molecular complexity index is 1760. The number of fused-ring (bicyclic) bond motifs is 1. The number of hydrogen-bond acceptors (Lipinski definition) is 7. The molecule has 2 N–H and O–H groups in total. The molecule has 6 rings (SSSR count). The van der Waals surface area contributed by atoms with Crippen LogP contribution in [0.1, 0.15) is 15.9 Å². The maximum atomic E-state index is 14.4. The Kier molecular flexibility index (Phi) is 8.11. The van der Waals surface area contributed by atoms with Gasteiger partial charge in [-0.1, -0.05) is 29.8 Å². The highest BCUT2D eigenvalue weighted by Gasteiger charge is 2.27. The van der Waals surface area contributed by atoms with Gasteiger partial charge in [-0.3, -0.25) is 4.79 Å². The first-order valence-corrected chi connectivity index (χ1v) is 15.5. The minimum atomic E-state index is -4.06. The number of nitrogens with zero attached hydrogens (tertiary/aromatic N) is 2. The number of sulfonamides is 1. The molecule has 2 heterocycles. The maximum absolute atomic E-state index is 14.4. The van der Waals surface area contributed by atoms with Gasteiger partial charge in [0.05, 0.1) is 11.4 Å². The summed E-state index contributed by atoms with van der Waals surface area (Å²) in [6, 6.07) is 23.0. The fourth-order valence-corrected chi connectivity index (χ4v) is 6.47. The zero-order valence-electron chi connectivity index (χ0n) is 22.9. The molecule has 4 aromatic carbocycles. The summed E-state index contributed by atoms with van der Waals surface area (Å²) in [5.74, 6) is 0.455. The van der Waals surface area contributed by atoms with Gasteiger partial charge in [-0.25, -0.2) is 17.5 Å². The molecule has 43 heavy (non-hydrogen) atoms. The number of piperazine rings is 1. The average molecular weight is 623 g/mol. The summed E-state index contributed by atoms with van der Waals surface area (Å²) in [6.45, 7) is 2.07. The van der Waals surface area contributed by atoms with Crippen LogP contribution in [0.3, 0.4) is 0 Å². The van der Waals surface area contributed by atoms with Crippen LogP contribution in [0, 0.1) is 5.82 Å². The Morgan fingerprint density at radius 2 is 1.53 bits per heavy atom. The Hall–Kier alpha value is -4.32. The van der Waals surface area contributed by atoms with Gasteiger partial charge in [-0.15, -0.1) is 0 Å². The van der Waals surface area contributed by atoms with Crippen molar-refractivity contribution in [2.75, 3.05) is 48.1 Å². The van der Waals surface area contributed by atoms with Crippen LogP contribution >= 0.6 is 11.6 Å². The zero-order valence-corrected chi connectivity index (χ0v) is 24.5. The number of carbonyl (C=O) groups excluding carboxylic acids is 1. The van der Waals surface area contributed by atoms with Crippen LogP contribution < -0.4 is 29.3 Å². The normalized spacial score (nSPS) is 14.6. The second-order valence-corrected chi connectivity index (χ2v) is 12.3. The van der Waals surface area contributed by atoms with Crippen LogP contribution in [0.15, 0.2) is 89.8 Å². The van der Waals surface area contributed by atoms with Crippen LogP contribution in [0.2, 0.25) is 5.02 Å². The van der Waals surface area contributed by atoms with E-state index in [4.69, 9.17) is 21.1 Å². The van der Waals surface area contributed by atoms with Crippen molar-refractivity contribution in [1.82, 2.24) is 4.72 Å². The van der Waals surface area contributed by atoms with Crippen molar-refractivity contribution in [2.24, 2.45) is 0 Å². The molecular formula is C31H28ClFN4O5S. The van der Waals surface area contributed by atoms with E-state index in [2.05, 4.69) is 10.0 Å². The highest BCUT2D eigenvalue weighted by molar-refractivity contribution is 7.89. The van der Waals surface area contributed by atoms with E-state index in [-0.39, 0.29) is 24.1 Å². The van der Waals surface area contributed by atoms with E-state index >= 15 is 0 Å². The second kappa shape index (κ2) is 12.1. The summed E-state index contributed by atoms with van der Waals surface area (Å²) >= 11 is 5.95. The molecule has 9 nitrogen and oxygen atoms in total. The van der Waals surface area contributed by atoms with Crippen LogP contribution in [-0.4, -0.2) is 47.3 Å². The van der Waals surface area contributed by atoms with Crippen LogP contribution in [0.4, 0.5) is 21.5 Å². The van der Waals surface area contributed by atoms with E-state index < -0.39 is 15.9 Å². The van der Waals surface area contributed by atoms with E-state index in [1.807, 2.05) is 9.80 Å². The van der Waals surface area contributed by atoms with Crippen molar-refractivity contribution in [1.29, 1.82) is 0 Å². The number of benzene rings is 4. The van der Waals surface area contributed by atoms with Crippen molar-refractivity contribution < 1.29 is 27.1 Å². The van der Waals surface area contributed by atoms with Crippen molar-refractivity contribution in [2.45, 2.75) is 11.4 Å². The monoisotopic (exact) mass is 622 g/mol. The summed E-state index contributed by atoms with van der Waals surface area (Å²) in [5.41, 5.74) is 2.39. The van der Waals surface area contributed by atoms with Crippen LogP contribution in [-0.2, 0) is 16.6 Å². The van der Waals surface area contributed by atoms with E-state index in [9.17, 15) is 17.6 Å². The number of amides is 1. The summed E-state index contributed by atoms with van der Waals surface area (Å²) in [7, 11) is -4.06. The van der Waals surface area contributed by atoms with Crippen molar-refractivity contribution in [3.05, 3.63) is 107 Å². The minimum Gasteiger partial charge on any atom is -0.454 e. The molecule has 0 atom stereocenters. The molecule has 4 aromatic rings. The van der Waals surface area contributed by atoms with Gasteiger partial charge in [0.15, 0.2) is 11.5 Å². The number of anilines is 3. The van der Waals surface area contributed by atoms with Crippen molar-refractivity contribution in [3.63, 3.8) is 0 Å². The molecule has 2 aliphatic heterocycles. The Labute approximate surface area is 253 Å². The van der Waals surface area contributed by atoms with Gasteiger partial charge in [0.2, 0.25) is 16.8 Å². The SMILES string of the molecule is O=C(Nc1ccc(N2CCN(c3ccccc3F)CC2)c(S(=O)(=O)NCc2ccc3c(c2)OCO3)c1)c1ccc(Cl)cc1. The lowest BCUT2D eigenvalue weighted by Crippen LogP contribution is -2.47. The average Bonchev–Trinajstić information content (AvgIpc) is 3.49. The number of ether oxygens (including phenoxy) is 2. The summed E-state index contributed by atoms with van der Waals surface area (Å²) < 4.78 is 55.4. The lowest BCUT2D eigenvalue weighted by atomic mass is 10.2. The molecule has 0 saturated carbocycles. The van der Waals surface area contributed by atoms with Gasteiger partial charge in [0.25, 0.3) is 5.91 Å². The van der Waals surface area contributed by atoms with Crippen LogP contribution in [0.25, 0.3) is 0 Å². The first-order valence-electron chi connectivity index (χ1n) is 13.6. The molecule has 12 heteroatoms. The minimum absolute atomic E-state index is 0.0147. The molecule has 0 aliphatic carbocycles. The molecule has 0 unspecified atom stereocenters. The molecular weight excluding hydrogens is 595 g/mol. The second-order valence-electron chi connectivity index (χ2n) is 10.1. The third-order valence-electron chi connectivity index (χ3n) is 7.33. The quantitative estimate of drug-likeness (QED) is 0.276. The third-order valence-corrected chi connectivity index (χ3v) is 9.01. The number of hydrogen-bond donors (Lipinski definition) is 2. The molecule has 1 saturated heterocycles. The first-order chi connectivity index (χ1) is 20.8. The maximum Gasteiger partial charge on any atom is 0.255 e. The summed E-state index contributed by atoms with van der Waals surface area (Å²) in [6.07, 6.45) is 0. The molecule has 0 bridgehead atoms. The zero-order chi connectivity index (χ0) is 30.0. The molecule has 2 aliphatic rings. The number of para-hydroxylation sites is 1. The van der Waals surface area contributed by atoms with Gasteiger partial charge in [0.1, 0.15) is 10.7 Å². The largest absolute Gasteiger partial charge is 0.454 e. The number of nitrogens with one attached hydrogen (secondary N) is 2. The topological polar surface area (TPSA) is 100 Å². The molecule has 1 amide bonds. The fraction of sp³-hybridized carbons (Fsp3) is 0.194. The van der Waals surface area contributed by atoms with Gasteiger partial charge in [-0.2, -0.15) is 0 Å². The lowest BCUT2D eigenvalue weighted by Gasteiger charge is -2.38. The molecule has 1 fully saturated rings. The van der Waals surface area contributed by atoms with Gasteiger partial charge in [-0.05, 0) is 72.3 Å². The van der Waals surface area contributed by atoms with Crippen molar-refractivity contribution >= 4 is 44.6 Å². The molecule has 0 aromatic heterocycles. The summed E-state index contributed by atoms with van der Waals surface area (Å²) in [5, 5.41) is 3.28. The number of halogens is 2. The number of rotatable bonds is 8. The standard InChI is InChI=1S/C31H28ClFN4O5S/c32-23-8-6-22(7-9-23)31(38)35-24-10-11-27(37-15-13-36(14-16-37)26-4-2-1-3-25(26)33)30(18-24)43(39,40)34-19-21-5-12-28-29(17-21)42-20-41-28/h1-12,17-18,34H,13-16,19-20H2,(H,35,38). The Balaban J connectivity index is 1.26. The molecule has 0 radical (unpaired) electrons. The van der Waals surface area contributed by atoms with Crippen LogP contribution in [0.5, 0.6) is 11.5 Å². The van der Waals surface area contributed by atoms with Gasteiger partial charge >= 0.3 is 0 Å². The third kappa shape index (κ3) is 6.38. The Morgan fingerprint density at radius 1 is 0.837 bits per heavy atom. The summed E-state index contributed by atoms with van der Waals surface area (Å²) in [4.78, 5) is 16.8. The predicted octanol–water partition coefficient (Wildman–Crippen LogP) is 5.27. The van der Waals surface area contributed by atoms with E-state index in [1.165, 1.54) is 12.1 Å². The van der Waals surface area contributed by atoms with E-state index in [0.717, 1.165) is 0 Å². The van der Waals surface area contributed by atoms with Gasteiger partial charge in [0, 0.05) is 49.0 Å². The predicted molar refractivity (Wildman–Crippen MR) is 163 cm³/mol. The lowest BCUT2D eigenvalue weighted by molar-refractivity contribution is 0.102. The fourth-order valence-electron chi connectivity index (χ4n) is 5.08. The highest BCUT2D eigenvalue weighted by atomic mass is 35.5. The highest BCUT2D eigenvalue weighted by Crippen LogP contribution is 2.34. The van der Waals surface area contributed by atoms with E-state index in [0.29, 0.717) is 70.9 Å². The smallest absolute Gasteiger partial charge is 0.255 e. The number of carbonyl (C=O) groups is 1.